The van der Waals surface area contributed by atoms with E-state index in [1.54, 1.807) is 24.0 Å². The maximum absolute atomic E-state index is 7.76. The fourth-order valence-electron chi connectivity index (χ4n) is 3.58. The molecule has 0 spiro atoms. The number of allylic oxidation sites excluding steroid dienone is 1. The number of rotatable bonds is 5. The van der Waals surface area contributed by atoms with Crippen molar-refractivity contribution >= 4 is 53.0 Å². The zero-order chi connectivity index (χ0) is 21.4. The predicted molar refractivity (Wildman–Crippen MR) is 124 cm³/mol. The van der Waals surface area contributed by atoms with Gasteiger partial charge in [0.1, 0.15) is 5.15 Å². The molecule has 1 aliphatic heterocycles. The second-order valence-electron chi connectivity index (χ2n) is 7.30. The number of fused-ring (bicyclic) bond motifs is 1. The van der Waals surface area contributed by atoms with Crippen LogP contribution in [-0.4, -0.2) is 43.0 Å². The number of hydrogen-bond acceptors (Lipinski definition) is 7. The largest absolute Gasteiger partial charge is 0.331 e. The summed E-state index contributed by atoms with van der Waals surface area (Å²) in [6, 6.07) is 0. The van der Waals surface area contributed by atoms with Crippen LogP contribution in [0.1, 0.15) is 31.4 Å². The normalized spacial score (nSPS) is 17.8. The third-order valence-electron chi connectivity index (χ3n) is 5.07. The molecule has 0 saturated carbocycles. The van der Waals surface area contributed by atoms with Crippen LogP contribution in [0.2, 0.25) is 5.15 Å². The van der Waals surface area contributed by atoms with Gasteiger partial charge in [-0.15, -0.1) is 12.6 Å². The molecule has 3 aromatic rings. The summed E-state index contributed by atoms with van der Waals surface area (Å²) in [5.74, 6) is 0.659. The van der Waals surface area contributed by atoms with Gasteiger partial charge in [0.05, 0.1) is 33.8 Å². The summed E-state index contributed by atoms with van der Waals surface area (Å²) in [7, 11) is 1.86. The molecule has 4 rings (SSSR count). The molecule has 3 N–H and O–H groups in total. The average Bonchev–Trinajstić information content (AvgIpc) is 3.36. The number of nitrogens with one attached hydrogen (secondary N) is 3. The van der Waals surface area contributed by atoms with E-state index in [1.807, 2.05) is 17.6 Å². The van der Waals surface area contributed by atoms with Gasteiger partial charge in [-0.25, -0.2) is 9.97 Å². The van der Waals surface area contributed by atoms with Gasteiger partial charge in [-0.2, -0.15) is 5.10 Å². The van der Waals surface area contributed by atoms with Crippen molar-refractivity contribution in [3.63, 3.8) is 0 Å². The molecule has 8 nitrogen and oxygen atoms in total. The van der Waals surface area contributed by atoms with Crippen LogP contribution in [0.15, 0.2) is 28.7 Å². The summed E-state index contributed by atoms with van der Waals surface area (Å²) >= 11 is 17.5. The summed E-state index contributed by atoms with van der Waals surface area (Å²) in [6.45, 7) is 3.39. The second kappa shape index (κ2) is 8.58. The summed E-state index contributed by atoms with van der Waals surface area (Å²) in [5, 5.41) is 19.6. The highest BCUT2D eigenvalue weighted by Crippen LogP contribution is 2.35. The summed E-state index contributed by atoms with van der Waals surface area (Å²) < 4.78 is 3.61. The number of imidazole rings is 1. The van der Waals surface area contributed by atoms with Crippen LogP contribution in [0.3, 0.4) is 0 Å². The topological polar surface area (TPSA) is 95.9 Å². The van der Waals surface area contributed by atoms with Crippen molar-refractivity contribution in [1.82, 2.24) is 29.5 Å². The molecule has 0 bridgehead atoms. The zero-order valence-corrected chi connectivity index (χ0v) is 19.0. The Morgan fingerprint density at radius 1 is 1.40 bits per heavy atom. The number of anilines is 1. The smallest absolute Gasteiger partial charge is 0.182 e. The first kappa shape index (κ1) is 21.2. The summed E-state index contributed by atoms with van der Waals surface area (Å²) in [6.07, 6.45) is 7.48. The molecule has 158 valence electrons. The maximum atomic E-state index is 7.76. The van der Waals surface area contributed by atoms with Gasteiger partial charge < -0.3 is 16.0 Å². The van der Waals surface area contributed by atoms with Gasteiger partial charge in [0, 0.05) is 37.0 Å². The Labute approximate surface area is 189 Å². The van der Waals surface area contributed by atoms with E-state index in [-0.39, 0.29) is 16.7 Å². The number of halogens is 2. The van der Waals surface area contributed by atoms with E-state index in [1.165, 1.54) is 0 Å². The molecule has 1 aliphatic rings. The van der Waals surface area contributed by atoms with Crippen molar-refractivity contribution in [2.24, 2.45) is 7.05 Å². The number of nitrogens with zero attached hydrogens (tertiary/aromatic N) is 5. The SMILES string of the molecule is CC(=N)/C(Cl)=C(\S)Nc1nc(C2CCCNC2)c(Cl)n2c(-c3cnn(C)c3)cnc12. The first-order chi connectivity index (χ1) is 14.4. The predicted octanol–water partition coefficient (Wildman–Crippen LogP) is 4.04. The third kappa shape index (κ3) is 3.94. The number of aromatic nitrogens is 5. The Balaban J connectivity index is 1.92. The van der Waals surface area contributed by atoms with Crippen molar-refractivity contribution in [2.45, 2.75) is 25.7 Å². The lowest BCUT2D eigenvalue weighted by Gasteiger charge is -2.24. The fourth-order valence-corrected chi connectivity index (χ4v) is 4.27. The molecule has 11 heteroatoms. The van der Waals surface area contributed by atoms with Gasteiger partial charge in [0.25, 0.3) is 0 Å². The van der Waals surface area contributed by atoms with E-state index in [2.05, 4.69) is 33.3 Å². The number of aryl methyl sites for hydroxylation is 1. The van der Waals surface area contributed by atoms with Gasteiger partial charge in [0.2, 0.25) is 0 Å². The molecular weight excluding hydrogens is 443 g/mol. The van der Waals surface area contributed by atoms with Gasteiger partial charge in [-0.1, -0.05) is 23.2 Å². The highest BCUT2D eigenvalue weighted by molar-refractivity contribution is 7.84. The van der Waals surface area contributed by atoms with E-state index in [4.69, 9.17) is 33.6 Å². The van der Waals surface area contributed by atoms with Crippen molar-refractivity contribution < 1.29 is 0 Å². The first-order valence-electron chi connectivity index (χ1n) is 9.54. The number of hydrogen-bond donors (Lipinski definition) is 4. The second-order valence-corrected chi connectivity index (χ2v) is 8.48. The zero-order valence-electron chi connectivity index (χ0n) is 16.6. The van der Waals surface area contributed by atoms with Crippen LogP contribution in [0.5, 0.6) is 0 Å². The lowest BCUT2D eigenvalue weighted by Crippen LogP contribution is -2.29. The minimum absolute atomic E-state index is 0.174. The Bertz CT molecular complexity index is 1140. The molecule has 0 amide bonds. The van der Waals surface area contributed by atoms with E-state index in [0.29, 0.717) is 21.6 Å². The number of piperidine rings is 1. The van der Waals surface area contributed by atoms with E-state index < -0.39 is 0 Å². The monoisotopic (exact) mass is 464 g/mol. The molecule has 30 heavy (non-hydrogen) atoms. The van der Waals surface area contributed by atoms with E-state index in [9.17, 15) is 0 Å². The van der Waals surface area contributed by atoms with Crippen LogP contribution in [-0.2, 0) is 7.05 Å². The minimum Gasteiger partial charge on any atom is -0.331 e. The highest BCUT2D eigenvalue weighted by atomic mass is 35.5. The molecule has 0 aromatic carbocycles. The van der Waals surface area contributed by atoms with Crippen molar-refractivity contribution in [3.05, 3.63) is 39.5 Å². The average molecular weight is 465 g/mol. The summed E-state index contributed by atoms with van der Waals surface area (Å²) in [4.78, 5) is 9.37. The standard InChI is InChI=1S/C19H22Cl2N8S/c1-10(22)14(20)19(30)27-17-18-24-8-13(12-7-25-28(2)9-12)29(18)16(21)15(26-17)11-4-3-5-23-6-11/h7-9,11,22-23,30H,3-6H2,1-2H3,(H,26,27)/b19-14+,22-10?. The Morgan fingerprint density at radius 2 is 2.20 bits per heavy atom. The lowest BCUT2D eigenvalue weighted by molar-refractivity contribution is 0.454. The van der Waals surface area contributed by atoms with Crippen molar-refractivity contribution in [3.8, 4) is 11.3 Å². The molecule has 0 radical (unpaired) electrons. The quantitative estimate of drug-likeness (QED) is 0.337. The van der Waals surface area contributed by atoms with E-state index in [0.717, 1.165) is 42.9 Å². The molecule has 0 aliphatic carbocycles. The van der Waals surface area contributed by atoms with Gasteiger partial charge in [0.15, 0.2) is 11.5 Å². The van der Waals surface area contributed by atoms with Gasteiger partial charge in [-0.3, -0.25) is 9.08 Å². The third-order valence-corrected chi connectivity index (χ3v) is 6.37. The fraction of sp³-hybridized carbons (Fsp3) is 0.368. The maximum Gasteiger partial charge on any atom is 0.182 e. The Hall–Kier alpha value is -2.07. The molecule has 3 aromatic heterocycles. The van der Waals surface area contributed by atoms with Crippen molar-refractivity contribution in [1.29, 1.82) is 5.41 Å². The van der Waals surface area contributed by atoms with Gasteiger partial charge in [-0.05, 0) is 26.3 Å². The van der Waals surface area contributed by atoms with Gasteiger partial charge >= 0.3 is 0 Å². The van der Waals surface area contributed by atoms with Crippen LogP contribution < -0.4 is 10.6 Å². The Morgan fingerprint density at radius 3 is 2.83 bits per heavy atom. The van der Waals surface area contributed by atoms with Crippen LogP contribution in [0, 0.1) is 5.41 Å². The molecular formula is C19H22Cl2N8S. The van der Waals surface area contributed by atoms with E-state index >= 15 is 0 Å². The molecule has 1 fully saturated rings. The molecule has 1 atom stereocenters. The van der Waals surface area contributed by atoms with Crippen LogP contribution in [0.4, 0.5) is 5.82 Å². The molecule has 4 heterocycles. The summed E-state index contributed by atoms with van der Waals surface area (Å²) in [5.41, 5.74) is 3.25. The Kier molecular flexibility index (Phi) is 6.06. The van der Waals surface area contributed by atoms with Crippen LogP contribution in [0.25, 0.3) is 16.9 Å². The minimum atomic E-state index is 0.174. The van der Waals surface area contributed by atoms with Crippen LogP contribution >= 0.6 is 35.8 Å². The first-order valence-corrected chi connectivity index (χ1v) is 10.7. The number of thiol groups is 1. The molecule has 1 unspecified atom stereocenters. The lowest BCUT2D eigenvalue weighted by atomic mass is 9.96. The van der Waals surface area contributed by atoms with Crippen molar-refractivity contribution in [2.75, 3.05) is 18.4 Å². The highest BCUT2D eigenvalue weighted by Gasteiger charge is 2.25. The molecule has 1 saturated heterocycles.